The van der Waals surface area contributed by atoms with Gasteiger partial charge in [0.15, 0.2) is 5.82 Å². The molecular weight excluding hydrogens is 246 g/mol. The van der Waals surface area contributed by atoms with Crippen LogP contribution < -0.4 is 9.64 Å². The lowest BCUT2D eigenvalue weighted by molar-refractivity contribution is 0.111. The normalized spacial score (nSPS) is 22.8. The molecule has 0 N–H and O–H groups in total. The maximum atomic E-state index is 5.44. The fraction of sp³-hybridized carbons (Fsp3) is 0.692. The van der Waals surface area contributed by atoms with Crippen LogP contribution >= 0.6 is 0 Å². The molecule has 0 aromatic carbocycles. The molecule has 106 valence electrons. The summed E-state index contributed by atoms with van der Waals surface area (Å²) in [5.74, 6) is 1.37. The molecule has 1 aromatic rings. The van der Waals surface area contributed by atoms with Crippen LogP contribution in [0.15, 0.2) is 12.4 Å². The van der Waals surface area contributed by atoms with E-state index in [1.807, 2.05) is 6.92 Å². The zero-order valence-corrected chi connectivity index (χ0v) is 11.7. The molecule has 1 aliphatic rings. The first kappa shape index (κ1) is 14.0. The third-order valence-electron chi connectivity index (χ3n) is 3.25. The summed E-state index contributed by atoms with van der Waals surface area (Å²) in [5.41, 5.74) is 0. The highest BCUT2D eigenvalue weighted by Crippen LogP contribution is 2.26. The molecule has 2 atom stereocenters. The van der Waals surface area contributed by atoms with Crippen molar-refractivity contribution < 1.29 is 14.2 Å². The lowest BCUT2D eigenvalue weighted by atomic mass is 10.2. The summed E-state index contributed by atoms with van der Waals surface area (Å²) >= 11 is 0. The first-order valence-corrected chi connectivity index (χ1v) is 6.51. The SMILES string of the molecule is CCOc1cncc(N2C[C@@H](OC)C[C@H]2COC)n1. The molecule has 6 heteroatoms. The first-order valence-electron chi connectivity index (χ1n) is 6.51. The van der Waals surface area contributed by atoms with Crippen LogP contribution in [-0.4, -0.2) is 56.1 Å². The van der Waals surface area contributed by atoms with Gasteiger partial charge in [0.2, 0.25) is 5.88 Å². The standard InChI is InChI=1S/C13H21N3O3/c1-4-19-13-7-14-6-12(15-13)16-8-11(18-3)5-10(16)9-17-2/h6-7,10-11H,4-5,8-9H2,1-3H3/t10-,11-/m0/s1. The van der Waals surface area contributed by atoms with Crippen LogP contribution in [-0.2, 0) is 9.47 Å². The maximum absolute atomic E-state index is 5.44. The Labute approximate surface area is 113 Å². The van der Waals surface area contributed by atoms with Gasteiger partial charge in [-0.3, -0.25) is 4.98 Å². The lowest BCUT2D eigenvalue weighted by Crippen LogP contribution is -2.33. The van der Waals surface area contributed by atoms with Gasteiger partial charge in [-0.1, -0.05) is 0 Å². The summed E-state index contributed by atoms with van der Waals surface area (Å²) in [5, 5.41) is 0. The predicted octanol–water partition coefficient (Wildman–Crippen LogP) is 1.12. The number of rotatable bonds is 6. The Hall–Kier alpha value is -1.40. The van der Waals surface area contributed by atoms with Crippen molar-refractivity contribution in [2.45, 2.75) is 25.5 Å². The van der Waals surface area contributed by atoms with E-state index < -0.39 is 0 Å². The van der Waals surface area contributed by atoms with E-state index in [9.17, 15) is 0 Å². The van der Waals surface area contributed by atoms with Crippen LogP contribution in [0.3, 0.4) is 0 Å². The third-order valence-corrected chi connectivity index (χ3v) is 3.25. The molecule has 0 amide bonds. The summed E-state index contributed by atoms with van der Waals surface area (Å²) < 4.78 is 16.1. The van der Waals surface area contributed by atoms with Gasteiger partial charge in [-0.05, 0) is 13.3 Å². The van der Waals surface area contributed by atoms with Gasteiger partial charge in [-0.2, -0.15) is 4.98 Å². The van der Waals surface area contributed by atoms with E-state index in [4.69, 9.17) is 14.2 Å². The molecule has 1 aliphatic heterocycles. The number of aromatic nitrogens is 2. The minimum atomic E-state index is 0.206. The molecule has 6 nitrogen and oxygen atoms in total. The van der Waals surface area contributed by atoms with Crippen LogP contribution in [0.25, 0.3) is 0 Å². The van der Waals surface area contributed by atoms with E-state index >= 15 is 0 Å². The summed E-state index contributed by atoms with van der Waals surface area (Å²) in [4.78, 5) is 10.8. The van der Waals surface area contributed by atoms with Crippen molar-refractivity contribution in [2.75, 3.05) is 38.9 Å². The number of nitrogens with zero attached hydrogens (tertiary/aromatic N) is 3. The van der Waals surface area contributed by atoms with Gasteiger partial charge < -0.3 is 19.1 Å². The molecule has 0 unspecified atom stereocenters. The van der Waals surface area contributed by atoms with Crippen molar-refractivity contribution in [3.63, 3.8) is 0 Å². The molecule has 2 heterocycles. The quantitative estimate of drug-likeness (QED) is 0.769. The Balaban J connectivity index is 2.15. The smallest absolute Gasteiger partial charge is 0.234 e. The number of anilines is 1. The third kappa shape index (κ3) is 3.33. The minimum Gasteiger partial charge on any atom is -0.477 e. The largest absolute Gasteiger partial charge is 0.477 e. The number of methoxy groups -OCH3 is 2. The monoisotopic (exact) mass is 267 g/mol. The van der Waals surface area contributed by atoms with Gasteiger partial charge in [-0.15, -0.1) is 0 Å². The topological polar surface area (TPSA) is 56.7 Å². The highest BCUT2D eigenvalue weighted by molar-refractivity contribution is 5.41. The minimum absolute atomic E-state index is 0.206. The second-order valence-corrected chi connectivity index (χ2v) is 4.50. The van der Waals surface area contributed by atoms with Gasteiger partial charge in [0.05, 0.1) is 37.8 Å². The van der Waals surface area contributed by atoms with Crippen LogP contribution in [0.4, 0.5) is 5.82 Å². The fourth-order valence-corrected chi connectivity index (χ4v) is 2.37. The molecule has 2 rings (SSSR count). The van der Waals surface area contributed by atoms with Crippen molar-refractivity contribution in [1.29, 1.82) is 0 Å². The van der Waals surface area contributed by atoms with Gasteiger partial charge in [-0.25, -0.2) is 0 Å². The van der Waals surface area contributed by atoms with E-state index in [2.05, 4.69) is 14.9 Å². The Morgan fingerprint density at radius 3 is 2.89 bits per heavy atom. The summed E-state index contributed by atoms with van der Waals surface area (Å²) in [6.45, 7) is 3.97. The Kier molecular flexibility index (Phi) is 4.93. The van der Waals surface area contributed by atoms with Crippen LogP contribution in [0.5, 0.6) is 5.88 Å². The molecule has 0 radical (unpaired) electrons. The summed E-state index contributed by atoms with van der Waals surface area (Å²) in [7, 11) is 3.45. The van der Waals surface area contributed by atoms with Crippen LogP contribution in [0.1, 0.15) is 13.3 Å². The zero-order chi connectivity index (χ0) is 13.7. The van der Waals surface area contributed by atoms with E-state index in [-0.39, 0.29) is 12.1 Å². The molecule has 19 heavy (non-hydrogen) atoms. The van der Waals surface area contributed by atoms with E-state index in [1.165, 1.54) is 0 Å². The van der Waals surface area contributed by atoms with Gasteiger partial charge >= 0.3 is 0 Å². The van der Waals surface area contributed by atoms with Gasteiger partial charge in [0.25, 0.3) is 0 Å². The Morgan fingerprint density at radius 1 is 1.37 bits per heavy atom. The molecule has 0 aliphatic carbocycles. The fourth-order valence-electron chi connectivity index (χ4n) is 2.37. The van der Waals surface area contributed by atoms with Crippen LogP contribution in [0, 0.1) is 0 Å². The molecule has 0 bridgehead atoms. The number of hydrogen-bond donors (Lipinski definition) is 0. The average Bonchev–Trinajstić information content (AvgIpc) is 2.83. The maximum Gasteiger partial charge on any atom is 0.234 e. The number of ether oxygens (including phenoxy) is 3. The Bertz CT molecular complexity index is 402. The predicted molar refractivity (Wildman–Crippen MR) is 71.6 cm³/mol. The highest BCUT2D eigenvalue weighted by atomic mass is 16.5. The second-order valence-electron chi connectivity index (χ2n) is 4.50. The van der Waals surface area contributed by atoms with Gasteiger partial charge in [0.1, 0.15) is 0 Å². The summed E-state index contributed by atoms with van der Waals surface area (Å²) in [6.07, 6.45) is 4.52. The zero-order valence-electron chi connectivity index (χ0n) is 11.7. The van der Waals surface area contributed by atoms with E-state index in [1.54, 1.807) is 26.6 Å². The first-order chi connectivity index (χ1) is 9.28. The molecule has 0 saturated carbocycles. The number of hydrogen-bond acceptors (Lipinski definition) is 6. The molecule has 1 aromatic heterocycles. The van der Waals surface area contributed by atoms with Crippen molar-refractivity contribution in [2.24, 2.45) is 0 Å². The Morgan fingerprint density at radius 2 is 2.21 bits per heavy atom. The average molecular weight is 267 g/mol. The lowest BCUT2D eigenvalue weighted by Gasteiger charge is -2.24. The van der Waals surface area contributed by atoms with Crippen molar-refractivity contribution >= 4 is 5.82 Å². The van der Waals surface area contributed by atoms with E-state index in [0.29, 0.717) is 19.1 Å². The second kappa shape index (κ2) is 6.68. The van der Waals surface area contributed by atoms with Crippen LogP contribution in [0.2, 0.25) is 0 Å². The van der Waals surface area contributed by atoms with Crippen molar-refractivity contribution in [3.05, 3.63) is 12.4 Å². The van der Waals surface area contributed by atoms with E-state index in [0.717, 1.165) is 18.8 Å². The van der Waals surface area contributed by atoms with Crippen molar-refractivity contribution in [3.8, 4) is 5.88 Å². The molecule has 1 saturated heterocycles. The summed E-state index contributed by atoms with van der Waals surface area (Å²) in [6, 6.07) is 0.265. The highest BCUT2D eigenvalue weighted by Gasteiger charge is 2.33. The van der Waals surface area contributed by atoms with Gasteiger partial charge in [0, 0.05) is 20.8 Å². The van der Waals surface area contributed by atoms with Crippen molar-refractivity contribution in [1.82, 2.24) is 9.97 Å². The molecular formula is C13H21N3O3. The molecule has 0 spiro atoms. The molecule has 1 fully saturated rings.